The second-order valence-electron chi connectivity index (χ2n) is 13.2. The number of benzene rings is 3. The lowest BCUT2D eigenvalue weighted by Crippen LogP contribution is -2.27. The first-order valence-corrected chi connectivity index (χ1v) is 20.8. The summed E-state index contributed by atoms with van der Waals surface area (Å²) < 4.78 is 65.7. The normalized spacial score (nSPS) is 12.0. The Kier molecular flexibility index (Phi) is 26.5. The highest BCUT2D eigenvalue weighted by molar-refractivity contribution is 5.89. The molecule has 0 unspecified atom stereocenters. The topological polar surface area (TPSA) is 157 Å². The van der Waals surface area contributed by atoms with Gasteiger partial charge in [-0.3, -0.25) is 0 Å². The van der Waals surface area contributed by atoms with Gasteiger partial charge in [0.05, 0.1) is 131 Å². The van der Waals surface area contributed by atoms with Crippen LogP contribution in [0.25, 0.3) is 11.1 Å². The largest absolute Gasteiger partial charge is 0.460 e. The number of ether oxygens (including phenoxy) is 12. The maximum absolute atomic E-state index is 12.3. The molecule has 0 fully saturated rings. The summed E-state index contributed by atoms with van der Waals surface area (Å²) in [6.07, 6.45) is 0.260. The molecule has 3 aromatic carbocycles. The molecular weight excluding hydrogens is 778 g/mol. The third kappa shape index (κ3) is 21.0. The van der Waals surface area contributed by atoms with E-state index in [1.165, 1.54) is 22.3 Å². The Morgan fingerprint density at radius 1 is 0.400 bits per heavy atom. The SMILES string of the molecule is O=C(NCCCOCCOCCOCCOCCOCCOCCOCCOCCOCCOCCOC(=O)c1ccccc1)OCC1c2ccccc2-c2ccccc21. The third-order valence-electron chi connectivity index (χ3n) is 8.90. The van der Waals surface area contributed by atoms with Crippen molar-refractivity contribution in [2.24, 2.45) is 0 Å². The number of hydrogen-bond donors (Lipinski definition) is 1. The average molecular weight is 842 g/mol. The Bertz CT molecular complexity index is 1500. The van der Waals surface area contributed by atoms with E-state index in [0.29, 0.717) is 157 Å². The summed E-state index contributed by atoms with van der Waals surface area (Å²) in [6, 6.07) is 25.4. The van der Waals surface area contributed by atoms with Gasteiger partial charge in [-0.2, -0.15) is 0 Å². The molecule has 0 heterocycles. The van der Waals surface area contributed by atoms with Gasteiger partial charge in [0.2, 0.25) is 0 Å². The van der Waals surface area contributed by atoms with E-state index in [1.807, 2.05) is 30.3 Å². The summed E-state index contributed by atoms with van der Waals surface area (Å²) in [7, 11) is 0. The Morgan fingerprint density at radius 3 is 1.17 bits per heavy atom. The molecule has 0 radical (unpaired) electrons. The summed E-state index contributed by atoms with van der Waals surface area (Å²) in [5, 5.41) is 2.80. The van der Waals surface area contributed by atoms with Gasteiger partial charge in [-0.05, 0) is 40.8 Å². The zero-order chi connectivity index (χ0) is 42.0. The van der Waals surface area contributed by atoms with Gasteiger partial charge in [0.1, 0.15) is 13.2 Å². The zero-order valence-corrected chi connectivity index (χ0v) is 34.8. The lowest BCUT2D eigenvalue weighted by molar-refractivity contribution is -0.0271. The maximum Gasteiger partial charge on any atom is 0.407 e. The number of hydrogen-bond acceptors (Lipinski definition) is 14. The first-order valence-electron chi connectivity index (χ1n) is 20.8. The van der Waals surface area contributed by atoms with Crippen molar-refractivity contribution >= 4 is 12.1 Å². The van der Waals surface area contributed by atoms with Crippen molar-refractivity contribution in [2.45, 2.75) is 12.3 Å². The predicted octanol–water partition coefficient (Wildman–Crippen LogP) is 4.94. The van der Waals surface area contributed by atoms with E-state index in [1.54, 1.807) is 24.3 Å². The zero-order valence-electron chi connectivity index (χ0n) is 34.8. The van der Waals surface area contributed by atoms with E-state index in [-0.39, 0.29) is 18.5 Å². The highest BCUT2D eigenvalue weighted by Crippen LogP contribution is 2.44. The van der Waals surface area contributed by atoms with Crippen LogP contribution in [-0.4, -0.2) is 164 Å². The fourth-order valence-electron chi connectivity index (χ4n) is 5.95. The van der Waals surface area contributed by atoms with Gasteiger partial charge < -0.3 is 62.2 Å². The van der Waals surface area contributed by atoms with Crippen molar-refractivity contribution in [3.63, 3.8) is 0 Å². The molecule has 1 aliphatic carbocycles. The Labute approximate surface area is 354 Å². The molecule has 0 saturated heterocycles. The van der Waals surface area contributed by atoms with Crippen LogP contribution in [0.4, 0.5) is 4.79 Å². The van der Waals surface area contributed by atoms with E-state index >= 15 is 0 Å². The minimum absolute atomic E-state index is 0.0450. The summed E-state index contributed by atoms with van der Waals surface area (Å²) in [5.41, 5.74) is 5.32. The van der Waals surface area contributed by atoms with Crippen molar-refractivity contribution < 1.29 is 66.4 Å². The molecule has 0 aromatic heterocycles. The van der Waals surface area contributed by atoms with Crippen LogP contribution in [0.1, 0.15) is 33.8 Å². The molecular formula is C45H63NO14. The van der Waals surface area contributed by atoms with E-state index < -0.39 is 6.09 Å². The van der Waals surface area contributed by atoms with E-state index in [0.717, 1.165) is 0 Å². The molecule has 15 heteroatoms. The smallest absolute Gasteiger partial charge is 0.407 e. The fourth-order valence-corrected chi connectivity index (χ4v) is 5.95. The summed E-state index contributed by atoms with van der Waals surface area (Å²) >= 11 is 0. The molecule has 0 saturated carbocycles. The summed E-state index contributed by atoms with van der Waals surface area (Å²) in [5.74, 6) is -0.316. The highest BCUT2D eigenvalue weighted by atomic mass is 16.6. The van der Waals surface area contributed by atoms with Crippen molar-refractivity contribution in [2.75, 3.05) is 152 Å². The number of fused-ring (bicyclic) bond motifs is 3. The maximum atomic E-state index is 12.3. The summed E-state index contributed by atoms with van der Waals surface area (Å²) in [4.78, 5) is 24.1. The second kappa shape index (κ2) is 32.7. The Morgan fingerprint density at radius 2 is 0.750 bits per heavy atom. The molecule has 0 aliphatic heterocycles. The van der Waals surface area contributed by atoms with Gasteiger partial charge >= 0.3 is 12.1 Å². The molecule has 0 atom stereocenters. The molecule has 0 bridgehead atoms. The lowest BCUT2D eigenvalue weighted by atomic mass is 9.98. The lowest BCUT2D eigenvalue weighted by Gasteiger charge is -2.14. The van der Waals surface area contributed by atoms with Crippen LogP contribution in [0.5, 0.6) is 0 Å². The van der Waals surface area contributed by atoms with Crippen LogP contribution in [0, 0.1) is 0 Å². The van der Waals surface area contributed by atoms with E-state index in [2.05, 4.69) is 29.6 Å². The number of amides is 1. The monoisotopic (exact) mass is 841 g/mol. The molecule has 0 spiro atoms. The molecule has 1 amide bonds. The number of carbonyl (C=O) groups excluding carboxylic acids is 2. The molecule has 15 nitrogen and oxygen atoms in total. The van der Waals surface area contributed by atoms with Crippen LogP contribution in [0.15, 0.2) is 78.9 Å². The molecule has 1 aliphatic rings. The van der Waals surface area contributed by atoms with E-state index in [4.69, 9.17) is 56.8 Å². The minimum atomic E-state index is -0.419. The van der Waals surface area contributed by atoms with Crippen LogP contribution in [-0.2, 0) is 56.8 Å². The Hall–Kier alpha value is -4.00. The fraction of sp³-hybridized carbons (Fsp3) is 0.556. The van der Waals surface area contributed by atoms with Gasteiger partial charge in [-0.15, -0.1) is 0 Å². The van der Waals surface area contributed by atoms with Gasteiger partial charge in [0.25, 0.3) is 0 Å². The van der Waals surface area contributed by atoms with Crippen molar-refractivity contribution in [3.05, 3.63) is 95.6 Å². The number of alkyl carbamates (subject to hydrolysis) is 1. The second-order valence-corrected chi connectivity index (χ2v) is 13.2. The minimum Gasteiger partial charge on any atom is -0.460 e. The van der Waals surface area contributed by atoms with Crippen molar-refractivity contribution in [1.82, 2.24) is 5.32 Å². The van der Waals surface area contributed by atoms with Crippen molar-refractivity contribution in [1.29, 1.82) is 0 Å². The van der Waals surface area contributed by atoms with E-state index in [9.17, 15) is 9.59 Å². The Balaban J connectivity index is 0.771. The number of nitrogens with one attached hydrogen (secondary N) is 1. The summed E-state index contributed by atoms with van der Waals surface area (Å²) in [6.45, 7) is 10.3. The van der Waals surface area contributed by atoms with Gasteiger partial charge in [0, 0.05) is 19.1 Å². The molecule has 1 N–H and O–H groups in total. The van der Waals surface area contributed by atoms with Crippen LogP contribution in [0.2, 0.25) is 0 Å². The van der Waals surface area contributed by atoms with Gasteiger partial charge in [0.15, 0.2) is 0 Å². The predicted molar refractivity (Wildman–Crippen MR) is 223 cm³/mol. The third-order valence-corrected chi connectivity index (χ3v) is 8.90. The average Bonchev–Trinajstić information content (AvgIpc) is 3.60. The number of esters is 1. The van der Waals surface area contributed by atoms with Crippen LogP contribution in [0.3, 0.4) is 0 Å². The molecule has 4 rings (SSSR count). The first-order chi connectivity index (χ1) is 29.7. The number of rotatable bonds is 37. The molecule has 3 aromatic rings. The standard InChI is InChI=1S/C45H63NO14/c47-44(38-9-2-1-3-10-38)59-36-35-58-34-33-57-32-31-56-30-29-55-28-27-54-26-25-53-24-23-52-22-21-51-20-19-50-18-17-49-16-8-15-46-45(48)60-37-43-41-13-6-4-11-39(41)40-12-5-7-14-42(40)43/h1-7,9-14,43H,8,15-37H2,(H,46,48). The quantitative estimate of drug-likeness (QED) is 0.0615. The van der Waals surface area contributed by atoms with Crippen LogP contribution >= 0.6 is 0 Å². The molecule has 60 heavy (non-hydrogen) atoms. The number of carbonyl (C=O) groups is 2. The van der Waals surface area contributed by atoms with Crippen LogP contribution < -0.4 is 5.32 Å². The molecule has 332 valence electrons. The first kappa shape index (κ1) is 48.7. The highest BCUT2D eigenvalue weighted by Gasteiger charge is 2.29. The van der Waals surface area contributed by atoms with Gasteiger partial charge in [-0.1, -0.05) is 66.7 Å². The van der Waals surface area contributed by atoms with Crippen molar-refractivity contribution in [3.8, 4) is 11.1 Å². The van der Waals surface area contributed by atoms with Gasteiger partial charge in [-0.25, -0.2) is 9.59 Å².